The lowest BCUT2D eigenvalue weighted by Crippen LogP contribution is -2.14. The third-order valence-electron chi connectivity index (χ3n) is 4.67. The second-order valence-electron chi connectivity index (χ2n) is 6.17. The van der Waals surface area contributed by atoms with Crippen molar-refractivity contribution >= 4 is 11.6 Å². The number of carbonyl (C=O) groups is 1. The molecule has 128 valence electrons. The Hall–Kier alpha value is -2.34. The Labute approximate surface area is 141 Å². The molecule has 2 N–H and O–H groups in total. The Bertz CT molecular complexity index is 733. The summed E-state index contributed by atoms with van der Waals surface area (Å²) < 4.78 is 7.16. The van der Waals surface area contributed by atoms with Crippen molar-refractivity contribution in [2.24, 2.45) is 0 Å². The zero-order valence-electron chi connectivity index (χ0n) is 14.1. The molecule has 1 aromatic heterocycles. The van der Waals surface area contributed by atoms with Crippen LogP contribution in [-0.4, -0.2) is 27.9 Å². The Morgan fingerprint density at radius 1 is 1.42 bits per heavy atom. The van der Waals surface area contributed by atoms with Gasteiger partial charge in [0.2, 0.25) is 0 Å². The van der Waals surface area contributed by atoms with Gasteiger partial charge in [-0.3, -0.25) is 9.48 Å². The number of aromatic nitrogens is 2. The molecule has 6 nitrogen and oxygen atoms in total. The fourth-order valence-corrected chi connectivity index (χ4v) is 3.34. The number of anilines is 1. The van der Waals surface area contributed by atoms with Gasteiger partial charge >= 0.3 is 0 Å². The number of rotatable bonds is 5. The van der Waals surface area contributed by atoms with E-state index in [4.69, 9.17) is 4.74 Å². The monoisotopic (exact) mass is 329 g/mol. The number of amides is 1. The quantitative estimate of drug-likeness (QED) is 0.884. The predicted molar refractivity (Wildman–Crippen MR) is 91.3 cm³/mol. The Morgan fingerprint density at radius 2 is 2.17 bits per heavy atom. The summed E-state index contributed by atoms with van der Waals surface area (Å²) in [4.78, 5) is 12.6. The molecular weight excluding hydrogens is 306 g/mol. The highest BCUT2D eigenvalue weighted by Gasteiger charge is 2.22. The summed E-state index contributed by atoms with van der Waals surface area (Å²) >= 11 is 0. The molecule has 2 aromatic rings. The Morgan fingerprint density at radius 3 is 2.83 bits per heavy atom. The van der Waals surface area contributed by atoms with Crippen LogP contribution in [0.25, 0.3) is 0 Å². The van der Waals surface area contributed by atoms with Crippen LogP contribution in [0.2, 0.25) is 0 Å². The first-order valence-corrected chi connectivity index (χ1v) is 8.27. The molecule has 0 unspecified atom stereocenters. The van der Waals surface area contributed by atoms with Crippen LogP contribution in [0.15, 0.2) is 24.4 Å². The standard InChI is InChI=1S/C18H23N3O3/c1-12-16(10-19-21(12)15-5-3-4-6-15)18(23)20-14-7-8-17(24-2)13(9-14)11-22/h7-10,15,22H,3-6,11H2,1-2H3,(H,20,23). The van der Waals surface area contributed by atoms with Gasteiger partial charge in [0, 0.05) is 16.9 Å². The maximum atomic E-state index is 12.6. The fourth-order valence-electron chi connectivity index (χ4n) is 3.34. The molecule has 1 aromatic carbocycles. The summed E-state index contributed by atoms with van der Waals surface area (Å²) in [5.74, 6) is 0.409. The highest BCUT2D eigenvalue weighted by atomic mass is 16.5. The number of aliphatic hydroxyl groups is 1. The van der Waals surface area contributed by atoms with Gasteiger partial charge in [0.1, 0.15) is 5.75 Å². The Balaban J connectivity index is 1.78. The van der Waals surface area contributed by atoms with Gasteiger partial charge in [-0.25, -0.2) is 0 Å². The lowest BCUT2D eigenvalue weighted by Gasteiger charge is -2.13. The van der Waals surface area contributed by atoms with Crippen molar-refractivity contribution in [3.05, 3.63) is 41.2 Å². The van der Waals surface area contributed by atoms with Gasteiger partial charge in [-0.2, -0.15) is 5.10 Å². The van der Waals surface area contributed by atoms with Crippen LogP contribution in [0.3, 0.4) is 0 Å². The second-order valence-corrected chi connectivity index (χ2v) is 6.17. The third-order valence-corrected chi connectivity index (χ3v) is 4.67. The molecule has 0 aliphatic heterocycles. The molecule has 0 atom stereocenters. The van der Waals surface area contributed by atoms with E-state index < -0.39 is 0 Å². The molecule has 1 amide bonds. The van der Waals surface area contributed by atoms with Crippen LogP contribution in [0.4, 0.5) is 5.69 Å². The number of carbonyl (C=O) groups excluding carboxylic acids is 1. The van der Waals surface area contributed by atoms with Crippen LogP contribution in [0, 0.1) is 6.92 Å². The number of nitrogens with zero attached hydrogens (tertiary/aromatic N) is 2. The molecule has 0 saturated heterocycles. The van der Waals surface area contributed by atoms with Crippen LogP contribution in [0.1, 0.15) is 53.3 Å². The van der Waals surface area contributed by atoms with Crippen LogP contribution in [-0.2, 0) is 6.61 Å². The fraction of sp³-hybridized carbons (Fsp3) is 0.444. The van der Waals surface area contributed by atoms with Gasteiger partial charge in [0.05, 0.1) is 31.5 Å². The van der Waals surface area contributed by atoms with E-state index in [2.05, 4.69) is 10.4 Å². The van der Waals surface area contributed by atoms with Gasteiger partial charge < -0.3 is 15.2 Å². The number of hydrogen-bond acceptors (Lipinski definition) is 4. The zero-order chi connectivity index (χ0) is 17.1. The van der Waals surface area contributed by atoms with E-state index in [9.17, 15) is 9.90 Å². The van der Waals surface area contributed by atoms with E-state index in [1.54, 1.807) is 31.5 Å². The highest BCUT2D eigenvalue weighted by molar-refractivity contribution is 6.05. The first-order chi connectivity index (χ1) is 11.6. The molecule has 1 heterocycles. The van der Waals surface area contributed by atoms with E-state index >= 15 is 0 Å². The first kappa shape index (κ1) is 16.5. The average molecular weight is 329 g/mol. The van der Waals surface area contributed by atoms with E-state index in [1.165, 1.54) is 12.8 Å². The lowest BCUT2D eigenvalue weighted by atomic mass is 10.1. The van der Waals surface area contributed by atoms with Gasteiger partial charge in [-0.1, -0.05) is 12.8 Å². The second kappa shape index (κ2) is 7.05. The molecule has 0 bridgehead atoms. The van der Waals surface area contributed by atoms with Crippen molar-refractivity contribution in [1.82, 2.24) is 9.78 Å². The van der Waals surface area contributed by atoms with Crippen LogP contribution < -0.4 is 10.1 Å². The van der Waals surface area contributed by atoms with Crippen molar-refractivity contribution < 1.29 is 14.6 Å². The number of methoxy groups -OCH3 is 1. The zero-order valence-corrected chi connectivity index (χ0v) is 14.1. The van der Waals surface area contributed by atoms with Crippen LogP contribution in [0.5, 0.6) is 5.75 Å². The number of benzene rings is 1. The van der Waals surface area contributed by atoms with E-state index in [0.717, 1.165) is 18.5 Å². The summed E-state index contributed by atoms with van der Waals surface area (Å²) in [6.07, 6.45) is 6.34. The topological polar surface area (TPSA) is 76.4 Å². The molecule has 24 heavy (non-hydrogen) atoms. The maximum Gasteiger partial charge on any atom is 0.259 e. The maximum absolute atomic E-state index is 12.6. The van der Waals surface area contributed by atoms with Gasteiger partial charge in [-0.15, -0.1) is 0 Å². The van der Waals surface area contributed by atoms with Gasteiger partial charge in [0.15, 0.2) is 0 Å². The molecule has 1 aliphatic rings. The van der Waals surface area contributed by atoms with Gasteiger partial charge in [0.25, 0.3) is 5.91 Å². The van der Waals surface area contributed by atoms with Crippen molar-refractivity contribution in [3.63, 3.8) is 0 Å². The van der Waals surface area contributed by atoms with E-state index in [-0.39, 0.29) is 12.5 Å². The van der Waals surface area contributed by atoms with E-state index in [0.29, 0.717) is 28.6 Å². The minimum Gasteiger partial charge on any atom is -0.496 e. The van der Waals surface area contributed by atoms with Gasteiger partial charge in [-0.05, 0) is 38.0 Å². The van der Waals surface area contributed by atoms with Crippen molar-refractivity contribution in [3.8, 4) is 5.75 Å². The number of aliphatic hydroxyl groups excluding tert-OH is 1. The summed E-state index contributed by atoms with van der Waals surface area (Å²) in [7, 11) is 1.55. The molecule has 3 rings (SSSR count). The normalized spacial score (nSPS) is 14.8. The number of ether oxygens (including phenoxy) is 1. The molecule has 1 fully saturated rings. The van der Waals surface area contributed by atoms with Crippen molar-refractivity contribution in [2.75, 3.05) is 12.4 Å². The molecule has 1 aliphatic carbocycles. The van der Waals surface area contributed by atoms with Crippen molar-refractivity contribution in [2.45, 2.75) is 45.3 Å². The highest BCUT2D eigenvalue weighted by Crippen LogP contribution is 2.30. The summed E-state index contributed by atoms with van der Waals surface area (Å²) in [5, 5.41) is 16.7. The molecular formula is C18H23N3O3. The minimum absolute atomic E-state index is 0.147. The summed E-state index contributed by atoms with van der Waals surface area (Å²) in [5.41, 5.74) is 2.74. The summed E-state index contributed by atoms with van der Waals surface area (Å²) in [6, 6.07) is 5.62. The predicted octanol–water partition coefficient (Wildman–Crippen LogP) is 3.06. The largest absolute Gasteiger partial charge is 0.496 e. The summed E-state index contributed by atoms with van der Waals surface area (Å²) in [6.45, 7) is 1.79. The van der Waals surface area contributed by atoms with Crippen molar-refractivity contribution in [1.29, 1.82) is 0 Å². The molecule has 6 heteroatoms. The lowest BCUT2D eigenvalue weighted by molar-refractivity contribution is 0.102. The SMILES string of the molecule is COc1ccc(NC(=O)c2cnn(C3CCCC3)c2C)cc1CO. The Kier molecular flexibility index (Phi) is 4.85. The third kappa shape index (κ3) is 3.14. The minimum atomic E-state index is -0.189. The molecule has 0 radical (unpaired) electrons. The molecule has 0 spiro atoms. The number of nitrogens with one attached hydrogen (secondary N) is 1. The average Bonchev–Trinajstić information content (AvgIpc) is 3.23. The molecule has 1 saturated carbocycles. The van der Waals surface area contributed by atoms with Crippen LogP contribution >= 0.6 is 0 Å². The number of hydrogen-bond donors (Lipinski definition) is 2. The van der Waals surface area contributed by atoms with E-state index in [1.807, 2.05) is 11.6 Å². The first-order valence-electron chi connectivity index (χ1n) is 8.27. The smallest absolute Gasteiger partial charge is 0.259 e.